The van der Waals surface area contributed by atoms with E-state index in [1.54, 1.807) is 24.3 Å². The molecule has 0 heterocycles. The van der Waals surface area contributed by atoms with Crippen molar-refractivity contribution >= 4 is 24.6 Å². The molecule has 17 heavy (non-hydrogen) atoms. The summed E-state index contributed by atoms with van der Waals surface area (Å²) in [5, 5.41) is 8.66. The van der Waals surface area contributed by atoms with E-state index in [4.69, 9.17) is 9.84 Å². The third-order valence-corrected chi connectivity index (χ3v) is 2.67. The van der Waals surface area contributed by atoms with Crippen molar-refractivity contribution in [2.45, 2.75) is 18.9 Å². The van der Waals surface area contributed by atoms with Crippen molar-refractivity contribution in [2.24, 2.45) is 0 Å². The Labute approximate surface area is 105 Å². The smallest absolute Gasteiger partial charge is 0.344 e. The van der Waals surface area contributed by atoms with Crippen LogP contribution in [0.5, 0.6) is 0 Å². The highest BCUT2D eigenvalue weighted by molar-refractivity contribution is 7.80. The zero-order chi connectivity index (χ0) is 12.8. The highest BCUT2D eigenvalue weighted by Crippen LogP contribution is 2.19. The summed E-state index contributed by atoms with van der Waals surface area (Å²) in [7, 11) is 0. The predicted molar refractivity (Wildman–Crippen MR) is 66.2 cm³/mol. The highest BCUT2D eigenvalue weighted by atomic mass is 32.1. The second kappa shape index (κ2) is 6.30. The number of carboxylic acid groups (broad SMARTS) is 1. The van der Waals surface area contributed by atoms with Crippen molar-refractivity contribution in [3.05, 3.63) is 35.9 Å². The number of carbonyl (C=O) groups excluding carboxylic acids is 1. The number of aliphatic carboxylic acids is 1. The van der Waals surface area contributed by atoms with Crippen molar-refractivity contribution < 1.29 is 19.4 Å². The Bertz CT molecular complexity index is 391. The summed E-state index contributed by atoms with van der Waals surface area (Å²) in [4.78, 5) is 22.3. The Hall–Kier alpha value is -1.49. The van der Waals surface area contributed by atoms with Crippen LogP contribution in [0.4, 0.5) is 0 Å². The first kappa shape index (κ1) is 13.6. The quantitative estimate of drug-likeness (QED) is 0.620. The van der Waals surface area contributed by atoms with E-state index in [9.17, 15) is 9.59 Å². The Kier molecular flexibility index (Phi) is 5.03. The van der Waals surface area contributed by atoms with E-state index in [1.807, 2.05) is 6.07 Å². The lowest BCUT2D eigenvalue weighted by molar-refractivity contribution is -0.163. The van der Waals surface area contributed by atoms with E-state index in [-0.39, 0.29) is 5.75 Å². The lowest BCUT2D eigenvalue weighted by atomic mass is 10.0. The Morgan fingerprint density at radius 1 is 1.35 bits per heavy atom. The van der Waals surface area contributed by atoms with Crippen LogP contribution in [0.15, 0.2) is 30.3 Å². The van der Waals surface area contributed by atoms with Gasteiger partial charge in [-0.3, -0.25) is 4.79 Å². The van der Waals surface area contributed by atoms with Gasteiger partial charge in [-0.2, -0.15) is 12.6 Å². The minimum Gasteiger partial charge on any atom is -0.479 e. The number of hydrogen-bond acceptors (Lipinski definition) is 4. The summed E-state index contributed by atoms with van der Waals surface area (Å²) in [6.07, 6.45) is -1.14. The van der Waals surface area contributed by atoms with Crippen molar-refractivity contribution in [1.82, 2.24) is 0 Å². The summed E-state index contributed by atoms with van der Waals surface area (Å²) >= 11 is 4.09. The molecule has 0 bridgehead atoms. The minimum absolute atomic E-state index is 0.273. The second-order valence-corrected chi connectivity index (χ2v) is 3.93. The molecule has 0 radical (unpaired) electrons. The zero-order valence-corrected chi connectivity index (χ0v) is 10.3. The molecule has 1 aromatic carbocycles. The molecule has 0 amide bonds. The fourth-order valence-electron chi connectivity index (χ4n) is 1.31. The SMILES string of the molecule is CC(OC(=O)C(CS)c1ccccc1)C(=O)O. The Morgan fingerprint density at radius 2 is 1.94 bits per heavy atom. The normalized spacial score (nSPS) is 13.8. The lowest BCUT2D eigenvalue weighted by Crippen LogP contribution is -2.27. The van der Waals surface area contributed by atoms with Gasteiger partial charge in [-0.15, -0.1) is 0 Å². The van der Waals surface area contributed by atoms with Gasteiger partial charge in [0, 0.05) is 5.75 Å². The van der Waals surface area contributed by atoms with E-state index in [0.717, 1.165) is 5.56 Å². The van der Waals surface area contributed by atoms with Gasteiger partial charge in [0.15, 0.2) is 6.10 Å². The topological polar surface area (TPSA) is 63.6 Å². The summed E-state index contributed by atoms with van der Waals surface area (Å²) in [6.45, 7) is 1.32. The van der Waals surface area contributed by atoms with E-state index in [0.29, 0.717) is 0 Å². The van der Waals surface area contributed by atoms with Crippen LogP contribution < -0.4 is 0 Å². The molecule has 0 fully saturated rings. The molecule has 0 aliphatic rings. The number of thiol groups is 1. The minimum atomic E-state index is -1.16. The van der Waals surface area contributed by atoms with Gasteiger partial charge in [-0.1, -0.05) is 30.3 Å². The average Bonchev–Trinajstić information content (AvgIpc) is 2.31. The highest BCUT2D eigenvalue weighted by Gasteiger charge is 2.24. The summed E-state index contributed by atoms with van der Waals surface area (Å²) in [5.74, 6) is -2.00. The molecule has 2 atom stereocenters. The number of carboxylic acids is 1. The molecule has 1 N–H and O–H groups in total. The molecule has 0 saturated carbocycles. The van der Waals surface area contributed by atoms with E-state index < -0.39 is 24.0 Å². The number of rotatable bonds is 5. The van der Waals surface area contributed by atoms with Crippen molar-refractivity contribution in [3.63, 3.8) is 0 Å². The fraction of sp³-hybridized carbons (Fsp3) is 0.333. The van der Waals surface area contributed by atoms with Gasteiger partial charge in [-0.25, -0.2) is 4.79 Å². The lowest BCUT2D eigenvalue weighted by Gasteiger charge is -2.16. The first-order valence-corrected chi connectivity index (χ1v) is 5.78. The Balaban J connectivity index is 2.75. The first-order valence-electron chi connectivity index (χ1n) is 5.15. The first-order chi connectivity index (χ1) is 8.06. The average molecular weight is 254 g/mol. The number of esters is 1. The molecule has 0 spiro atoms. The standard InChI is InChI=1S/C12H14O4S/c1-8(11(13)14)16-12(15)10(7-17)9-5-3-2-4-6-9/h2-6,8,10,17H,7H2,1H3,(H,13,14). The molecular formula is C12H14O4S. The summed E-state index contributed by atoms with van der Waals surface area (Å²) in [6, 6.07) is 9.02. The summed E-state index contributed by atoms with van der Waals surface area (Å²) < 4.78 is 4.83. The van der Waals surface area contributed by atoms with Crippen LogP contribution in [0, 0.1) is 0 Å². The van der Waals surface area contributed by atoms with Crippen LogP contribution in [-0.2, 0) is 14.3 Å². The van der Waals surface area contributed by atoms with Crippen LogP contribution in [0.2, 0.25) is 0 Å². The molecule has 2 unspecified atom stereocenters. The molecule has 4 nitrogen and oxygen atoms in total. The molecule has 0 aromatic heterocycles. The molecule has 0 aliphatic heterocycles. The van der Waals surface area contributed by atoms with Crippen LogP contribution in [0.3, 0.4) is 0 Å². The van der Waals surface area contributed by atoms with Gasteiger partial charge < -0.3 is 9.84 Å². The predicted octanol–water partition coefficient (Wildman–Crippen LogP) is 1.72. The monoisotopic (exact) mass is 254 g/mol. The molecule has 0 aliphatic carbocycles. The van der Waals surface area contributed by atoms with E-state index >= 15 is 0 Å². The van der Waals surface area contributed by atoms with Crippen LogP contribution in [0.1, 0.15) is 18.4 Å². The van der Waals surface area contributed by atoms with Crippen LogP contribution in [0.25, 0.3) is 0 Å². The van der Waals surface area contributed by atoms with Crippen molar-refractivity contribution in [2.75, 3.05) is 5.75 Å². The van der Waals surface area contributed by atoms with Gasteiger partial charge in [-0.05, 0) is 12.5 Å². The zero-order valence-electron chi connectivity index (χ0n) is 9.37. The number of carbonyl (C=O) groups is 2. The van der Waals surface area contributed by atoms with Gasteiger partial charge in [0.05, 0.1) is 5.92 Å². The number of benzene rings is 1. The van der Waals surface area contributed by atoms with E-state index in [2.05, 4.69) is 12.6 Å². The van der Waals surface area contributed by atoms with Gasteiger partial charge in [0.1, 0.15) is 0 Å². The maximum absolute atomic E-state index is 11.8. The Morgan fingerprint density at radius 3 is 2.41 bits per heavy atom. The third kappa shape index (κ3) is 3.78. The van der Waals surface area contributed by atoms with Crippen LogP contribution >= 0.6 is 12.6 Å². The molecule has 92 valence electrons. The van der Waals surface area contributed by atoms with Crippen molar-refractivity contribution in [3.8, 4) is 0 Å². The molecule has 1 aromatic rings. The number of hydrogen-bond donors (Lipinski definition) is 2. The van der Waals surface area contributed by atoms with E-state index in [1.165, 1.54) is 6.92 Å². The van der Waals surface area contributed by atoms with Gasteiger partial charge in [0.25, 0.3) is 0 Å². The second-order valence-electron chi connectivity index (χ2n) is 3.56. The molecule has 5 heteroatoms. The number of ether oxygens (including phenoxy) is 1. The fourth-order valence-corrected chi connectivity index (χ4v) is 1.67. The maximum Gasteiger partial charge on any atom is 0.344 e. The molecular weight excluding hydrogens is 240 g/mol. The molecule has 1 rings (SSSR count). The summed E-state index contributed by atoms with van der Waals surface area (Å²) in [5.41, 5.74) is 0.769. The maximum atomic E-state index is 11.8. The van der Waals surface area contributed by atoms with Gasteiger partial charge >= 0.3 is 11.9 Å². The van der Waals surface area contributed by atoms with Crippen molar-refractivity contribution in [1.29, 1.82) is 0 Å². The molecule has 0 saturated heterocycles. The van der Waals surface area contributed by atoms with Crippen LogP contribution in [-0.4, -0.2) is 28.9 Å². The van der Waals surface area contributed by atoms with Gasteiger partial charge in [0.2, 0.25) is 0 Å². The third-order valence-electron chi connectivity index (χ3n) is 2.31. The largest absolute Gasteiger partial charge is 0.479 e.